The first-order chi connectivity index (χ1) is 12.5. The maximum absolute atomic E-state index is 12.3. The SMILES string of the molecule is CC1CN(C(=O)NCc2ccc(NC(=O)c3ccco3)cc2)CC(C)O1. The van der Waals surface area contributed by atoms with E-state index in [0.29, 0.717) is 25.3 Å². The highest BCUT2D eigenvalue weighted by Gasteiger charge is 2.25. The van der Waals surface area contributed by atoms with Gasteiger partial charge in [-0.25, -0.2) is 4.79 Å². The minimum Gasteiger partial charge on any atom is -0.459 e. The zero-order valence-electron chi connectivity index (χ0n) is 14.9. The quantitative estimate of drug-likeness (QED) is 0.881. The van der Waals surface area contributed by atoms with Gasteiger partial charge >= 0.3 is 6.03 Å². The Balaban J connectivity index is 1.49. The number of rotatable bonds is 4. The molecular weight excluding hydrogens is 334 g/mol. The zero-order valence-corrected chi connectivity index (χ0v) is 14.9. The van der Waals surface area contributed by atoms with Crippen LogP contribution in [0.15, 0.2) is 47.1 Å². The monoisotopic (exact) mass is 357 g/mol. The Morgan fingerprint density at radius 3 is 2.42 bits per heavy atom. The van der Waals surface area contributed by atoms with Crippen molar-refractivity contribution in [2.45, 2.75) is 32.6 Å². The smallest absolute Gasteiger partial charge is 0.317 e. The van der Waals surface area contributed by atoms with Crippen molar-refractivity contribution < 1.29 is 18.7 Å². The molecular formula is C19H23N3O4. The second kappa shape index (κ2) is 8.05. The highest BCUT2D eigenvalue weighted by Crippen LogP contribution is 2.13. The third kappa shape index (κ3) is 4.64. The minimum atomic E-state index is -0.299. The number of morpholine rings is 1. The highest BCUT2D eigenvalue weighted by molar-refractivity contribution is 6.02. The molecule has 2 heterocycles. The lowest BCUT2D eigenvalue weighted by Gasteiger charge is -2.35. The third-order valence-electron chi connectivity index (χ3n) is 4.11. The molecule has 1 aromatic carbocycles. The molecule has 3 amide bonds. The number of furan rings is 1. The van der Waals surface area contributed by atoms with Gasteiger partial charge in [0.05, 0.1) is 18.5 Å². The molecule has 3 rings (SSSR count). The summed E-state index contributed by atoms with van der Waals surface area (Å²) in [6.07, 6.45) is 1.54. The van der Waals surface area contributed by atoms with E-state index in [1.165, 1.54) is 6.26 Å². The van der Waals surface area contributed by atoms with Crippen molar-refractivity contribution in [2.75, 3.05) is 18.4 Å². The number of hydrogen-bond acceptors (Lipinski definition) is 4. The molecule has 1 aliphatic rings. The fourth-order valence-corrected chi connectivity index (χ4v) is 2.94. The second-order valence-electron chi connectivity index (χ2n) is 6.45. The normalized spacial score (nSPS) is 19.8. The molecule has 138 valence electrons. The van der Waals surface area contributed by atoms with Crippen LogP contribution in [-0.2, 0) is 11.3 Å². The molecule has 1 aromatic heterocycles. The van der Waals surface area contributed by atoms with Gasteiger partial charge in [0, 0.05) is 25.3 Å². The van der Waals surface area contributed by atoms with E-state index in [9.17, 15) is 9.59 Å². The number of hydrogen-bond donors (Lipinski definition) is 2. The number of carbonyl (C=O) groups is 2. The molecule has 0 radical (unpaired) electrons. The maximum Gasteiger partial charge on any atom is 0.317 e. The van der Waals surface area contributed by atoms with Crippen LogP contribution in [0.2, 0.25) is 0 Å². The van der Waals surface area contributed by atoms with Crippen molar-refractivity contribution in [1.29, 1.82) is 0 Å². The summed E-state index contributed by atoms with van der Waals surface area (Å²) in [6, 6.07) is 10.5. The summed E-state index contributed by atoms with van der Waals surface area (Å²) in [5.41, 5.74) is 1.61. The van der Waals surface area contributed by atoms with Crippen LogP contribution in [0.1, 0.15) is 30.0 Å². The van der Waals surface area contributed by atoms with E-state index in [1.807, 2.05) is 26.0 Å². The first-order valence-electron chi connectivity index (χ1n) is 8.63. The van der Waals surface area contributed by atoms with E-state index in [-0.39, 0.29) is 29.9 Å². The predicted molar refractivity (Wildman–Crippen MR) is 96.9 cm³/mol. The van der Waals surface area contributed by atoms with E-state index in [1.54, 1.807) is 29.2 Å². The Hall–Kier alpha value is -2.80. The molecule has 0 aliphatic carbocycles. The molecule has 2 atom stereocenters. The largest absolute Gasteiger partial charge is 0.459 e. The Morgan fingerprint density at radius 1 is 1.12 bits per heavy atom. The van der Waals surface area contributed by atoms with Crippen LogP contribution < -0.4 is 10.6 Å². The van der Waals surface area contributed by atoms with Crippen LogP contribution >= 0.6 is 0 Å². The van der Waals surface area contributed by atoms with Crippen LogP contribution in [0.4, 0.5) is 10.5 Å². The number of urea groups is 1. The molecule has 26 heavy (non-hydrogen) atoms. The van der Waals surface area contributed by atoms with E-state index in [0.717, 1.165) is 5.56 Å². The van der Waals surface area contributed by atoms with Gasteiger partial charge in [0.25, 0.3) is 5.91 Å². The number of ether oxygens (including phenoxy) is 1. The molecule has 2 aromatic rings. The first-order valence-corrected chi connectivity index (χ1v) is 8.63. The van der Waals surface area contributed by atoms with Crippen molar-refractivity contribution >= 4 is 17.6 Å². The van der Waals surface area contributed by atoms with Gasteiger partial charge in [-0.15, -0.1) is 0 Å². The van der Waals surface area contributed by atoms with E-state index < -0.39 is 0 Å². The van der Waals surface area contributed by atoms with Gasteiger partial charge in [0.15, 0.2) is 5.76 Å². The van der Waals surface area contributed by atoms with Crippen molar-refractivity contribution in [3.8, 4) is 0 Å². The average molecular weight is 357 g/mol. The van der Waals surface area contributed by atoms with Crippen molar-refractivity contribution in [3.05, 3.63) is 54.0 Å². The van der Waals surface area contributed by atoms with E-state index in [4.69, 9.17) is 9.15 Å². The minimum absolute atomic E-state index is 0.0431. The number of amides is 3. The topological polar surface area (TPSA) is 83.8 Å². The summed E-state index contributed by atoms with van der Waals surface area (Å²) < 4.78 is 10.7. The molecule has 2 unspecified atom stereocenters. The molecule has 0 bridgehead atoms. The van der Waals surface area contributed by atoms with Crippen LogP contribution in [0.3, 0.4) is 0 Å². The molecule has 7 nitrogen and oxygen atoms in total. The lowest BCUT2D eigenvalue weighted by molar-refractivity contribution is -0.0545. The summed E-state index contributed by atoms with van der Waals surface area (Å²) in [5, 5.41) is 5.68. The number of anilines is 1. The second-order valence-corrected chi connectivity index (χ2v) is 6.45. The Labute approximate surface area is 152 Å². The van der Waals surface area contributed by atoms with Crippen LogP contribution in [-0.4, -0.2) is 42.1 Å². The lowest BCUT2D eigenvalue weighted by Crippen LogP contribution is -2.51. The Bertz CT molecular complexity index is 733. The number of benzene rings is 1. The van der Waals surface area contributed by atoms with E-state index in [2.05, 4.69) is 10.6 Å². The molecule has 1 fully saturated rings. The lowest BCUT2D eigenvalue weighted by atomic mass is 10.2. The van der Waals surface area contributed by atoms with Gasteiger partial charge in [-0.1, -0.05) is 12.1 Å². The molecule has 7 heteroatoms. The highest BCUT2D eigenvalue weighted by atomic mass is 16.5. The standard InChI is InChI=1S/C19H23N3O4/c1-13-11-22(12-14(2)26-13)19(24)20-10-15-5-7-16(8-6-15)21-18(23)17-4-3-9-25-17/h3-9,13-14H,10-12H2,1-2H3,(H,20,24)(H,21,23). The molecule has 1 aliphatic heterocycles. The summed E-state index contributed by atoms with van der Waals surface area (Å²) in [4.78, 5) is 26.0. The van der Waals surface area contributed by atoms with Gasteiger partial charge in [-0.3, -0.25) is 4.79 Å². The predicted octanol–water partition coefficient (Wildman–Crippen LogP) is 2.85. The molecule has 0 spiro atoms. The van der Waals surface area contributed by atoms with Gasteiger partial charge in [-0.05, 0) is 43.7 Å². The van der Waals surface area contributed by atoms with Crippen molar-refractivity contribution in [3.63, 3.8) is 0 Å². The number of carbonyl (C=O) groups excluding carboxylic acids is 2. The van der Waals surface area contributed by atoms with Crippen molar-refractivity contribution in [1.82, 2.24) is 10.2 Å². The molecule has 2 N–H and O–H groups in total. The first kappa shape index (κ1) is 18.0. The van der Waals surface area contributed by atoms with Gasteiger partial charge in [0.1, 0.15) is 0 Å². The molecule has 1 saturated heterocycles. The van der Waals surface area contributed by atoms with Gasteiger partial charge in [0.2, 0.25) is 0 Å². The van der Waals surface area contributed by atoms with Gasteiger partial charge < -0.3 is 24.7 Å². The van der Waals surface area contributed by atoms with Crippen LogP contribution in [0.5, 0.6) is 0 Å². The van der Waals surface area contributed by atoms with Crippen LogP contribution in [0, 0.1) is 0 Å². The maximum atomic E-state index is 12.3. The third-order valence-corrected chi connectivity index (χ3v) is 4.11. The summed E-state index contributed by atoms with van der Waals surface area (Å²) >= 11 is 0. The zero-order chi connectivity index (χ0) is 18.5. The summed E-state index contributed by atoms with van der Waals surface area (Å²) in [6.45, 7) is 5.53. The van der Waals surface area contributed by atoms with Crippen LogP contribution in [0.25, 0.3) is 0 Å². The summed E-state index contributed by atoms with van der Waals surface area (Å²) in [5.74, 6) is -0.0399. The van der Waals surface area contributed by atoms with Crippen molar-refractivity contribution in [2.24, 2.45) is 0 Å². The number of nitrogens with zero attached hydrogens (tertiary/aromatic N) is 1. The average Bonchev–Trinajstić information content (AvgIpc) is 3.15. The summed E-state index contributed by atoms with van der Waals surface area (Å²) in [7, 11) is 0. The fourth-order valence-electron chi connectivity index (χ4n) is 2.94. The fraction of sp³-hybridized carbons (Fsp3) is 0.368. The molecule has 0 saturated carbocycles. The Kier molecular flexibility index (Phi) is 5.58. The van der Waals surface area contributed by atoms with E-state index >= 15 is 0 Å². The number of nitrogens with one attached hydrogen (secondary N) is 2. The van der Waals surface area contributed by atoms with Gasteiger partial charge in [-0.2, -0.15) is 0 Å². The Morgan fingerprint density at radius 2 is 1.81 bits per heavy atom.